The molecule has 0 saturated carbocycles. The number of hydrogen-bond acceptors (Lipinski definition) is 3. The second kappa shape index (κ2) is 7.61. The maximum absolute atomic E-state index is 12.2. The molecule has 0 aliphatic carbocycles. The lowest BCUT2D eigenvalue weighted by molar-refractivity contribution is -0.142. The third-order valence-corrected chi connectivity index (χ3v) is 3.43. The number of esters is 1. The summed E-state index contributed by atoms with van der Waals surface area (Å²) in [6, 6.07) is 15.2. The summed E-state index contributed by atoms with van der Waals surface area (Å²) in [5.41, 5.74) is 1.38. The number of methoxy groups -OCH3 is 1. The summed E-state index contributed by atoms with van der Waals surface area (Å²) in [5, 5.41) is 3.24. The molecule has 1 amide bonds. The van der Waals surface area contributed by atoms with Crippen molar-refractivity contribution in [2.24, 2.45) is 0 Å². The molecule has 2 aromatic carbocycles. The van der Waals surface area contributed by atoms with Crippen LogP contribution in [0.15, 0.2) is 54.6 Å². The lowest BCUT2D eigenvalue weighted by Crippen LogP contribution is -2.43. The maximum atomic E-state index is 12.2. The van der Waals surface area contributed by atoms with Crippen molar-refractivity contribution in [3.63, 3.8) is 0 Å². The average Bonchev–Trinajstić information content (AvgIpc) is 2.55. The number of carbonyl (C=O) groups excluding carboxylic acids is 2. The van der Waals surface area contributed by atoms with Gasteiger partial charge in [0.15, 0.2) is 0 Å². The van der Waals surface area contributed by atoms with E-state index in [1.807, 2.05) is 30.3 Å². The minimum absolute atomic E-state index is 0.344. The zero-order valence-corrected chi connectivity index (χ0v) is 12.8. The van der Waals surface area contributed by atoms with E-state index in [1.54, 1.807) is 24.3 Å². The van der Waals surface area contributed by atoms with Crippen molar-refractivity contribution < 1.29 is 14.3 Å². The molecule has 1 N–H and O–H groups in total. The van der Waals surface area contributed by atoms with Gasteiger partial charge in [-0.3, -0.25) is 4.79 Å². The first-order chi connectivity index (χ1) is 10.6. The molecular weight excluding hydrogens is 302 g/mol. The van der Waals surface area contributed by atoms with E-state index >= 15 is 0 Å². The number of ether oxygens (including phenoxy) is 1. The van der Waals surface area contributed by atoms with Crippen molar-refractivity contribution in [1.29, 1.82) is 0 Å². The molecule has 0 aliphatic rings. The predicted octanol–water partition coefficient (Wildman–Crippen LogP) is 2.85. The summed E-state index contributed by atoms with van der Waals surface area (Å²) in [6.45, 7) is 0. The van der Waals surface area contributed by atoms with Crippen molar-refractivity contribution in [1.82, 2.24) is 5.32 Å². The van der Waals surface area contributed by atoms with Gasteiger partial charge in [-0.15, -0.1) is 0 Å². The molecule has 0 heterocycles. The summed E-state index contributed by atoms with van der Waals surface area (Å²) < 4.78 is 4.77. The van der Waals surface area contributed by atoms with Gasteiger partial charge in [0.2, 0.25) is 0 Å². The molecule has 0 unspecified atom stereocenters. The fourth-order valence-electron chi connectivity index (χ4n) is 2.03. The zero-order chi connectivity index (χ0) is 15.9. The van der Waals surface area contributed by atoms with Crippen LogP contribution in [0.1, 0.15) is 15.9 Å². The molecule has 0 fully saturated rings. The summed E-state index contributed by atoms with van der Waals surface area (Å²) in [6.07, 6.45) is 0.368. The first kappa shape index (κ1) is 16.0. The van der Waals surface area contributed by atoms with E-state index in [-0.39, 0.29) is 5.91 Å². The normalized spacial score (nSPS) is 11.5. The van der Waals surface area contributed by atoms with E-state index in [4.69, 9.17) is 16.3 Å². The van der Waals surface area contributed by atoms with Gasteiger partial charge in [-0.25, -0.2) is 4.79 Å². The number of nitrogens with one attached hydrogen (secondary N) is 1. The SMILES string of the molecule is COC(=O)[C@@H](Cc1ccccc1)NC(=O)c1ccc(Cl)cc1. The molecule has 4 nitrogen and oxygen atoms in total. The van der Waals surface area contributed by atoms with Crippen LogP contribution < -0.4 is 5.32 Å². The van der Waals surface area contributed by atoms with Gasteiger partial charge in [0.05, 0.1) is 7.11 Å². The molecule has 2 aromatic rings. The Balaban J connectivity index is 2.11. The van der Waals surface area contributed by atoms with Gasteiger partial charge in [-0.1, -0.05) is 41.9 Å². The predicted molar refractivity (Wildman–Crippen MR) is 84.9 cm³/mol. The summed E-state index contributed by atoms with van der Waals surface area (Å²) in [7, 11) is 1.30. The van der Waals surface area contributed by atoms with Crippen LogP contribution >= 0.6 is 11.6 Å². The Bertz CT molecular complexity index is 641. The Hall–Kier alpha value is -2.33. The Morgan fingerprint density at radius 1 is 1.09 bits per heavy atom. The van der Waals surface area contributed by atoms with Crippen LogP contribution in [0, 0.1) is 0 Å². The summed E-state index contributed by atoms with van der Waals surface area (Å²) in [4.78, 5) is 24.1. The van der Waals surface area contributed by atoms with Crippen LogP contribution in [0.5, 0.6) is 0 Å². The molecule has 1 atom stereocenters. The molecular formula is C17H16ClNO3. The minimum Gasteiger partial charge on any atom is -0.467 e. The van der Waals surface area contributed by atoms with Crippen LogP contribution in [-0.4, -0.2) is 25.0 Å². The van der Waals surface area contributed by atoms with Crippen molar-refractivity contribution in [2.75, 3.05) is 7.11 Å². The molecule has 0 radical (unpaired) electrons. The van der Waals surface area contributed by atoms with Gasteiger partial charge in [0.25, 0.3) is 5.91 Å². The lowest BCUT2D eigenvalue weighted by Gasteiger charge is -2.16. The number of carbonyl (C=O) groups is 2. The number of halogens is 1. The highest BCUT2D eigenvalue weighted by Gasteiger charge is 2.22. The number of amides is 1. The van der Waals surface area contributed by atoms with E-state index in [1.165, 1.54) is 7.11 Å². The molecule has 0 aromatic heterocycles. The van der Waals surface area contributed by atoms with Crippen molar-refractivity contribution in [2.45, 2.75) is 12.5 Å². The Labute approximate surface area is 134 Å². The number of rotatable bonds is 5. The quantitative estimate of drug-likeness (QED) is 0.863. The van der Waals surface area contributed by atoms with E-state index < -0.39 is 12.0 Å². The van der Waals surface area contributed by atoms with E-state index in [0.717, 1.165) is 5.56 Å². The second-order valence-corrected chi connectivity index (χ2v) is 5.18. The van der Waals surface area contributed by atoms with Crippen molar-refractivity contribution >= 4 is 23.5 Å². The highest BCUT2D eigenvalue weighted by molar-refractivity contribution is 6.30. The molecule has 114 valence electrons. The zero-order valence-electron chi connectivity index (χ0n) is 12.1. The van der Waals surface area contributed by atoms with Crippen LogP contribution in [0.2, 0.25) is 5.02 Å². The molecule has 5 heteroatoms. The standard InChI is InChI=1S/C17H16ClNO3/c1-22-17(21)15(11-12-5-3-2-4-6-12)19-16(20)13-7-9-14(18)10-8-13/h2-10,15H,11H2,1H3,(H,19,20)/t15-/m1/s1. The van der Waals surface area contributed by atoms with Crippen LogP contribution in [0.4, 0.5) is 0 Å². The van der Waals surface area contributed by atoms with Crippen LogP contribution in [0.25, 0.3) is 0 Å². The molecule has 2 rings (SSSR count). The highest BCUT2D eigenvalue weighted by Crippen LogP contribution is 2.10. The Morgan fingerprint density at radius 2 is 1.73 bits per heavy atom. The molecule has 22 heavy (non-hydrogen) atoms. The molecule has 0 spiro atoms. The third kappa shape index (κ3) is 4.33. The average molecular weight is 318 g/mol. The maximum Gasteiger partial charge on any atom is 0.328 e. The molecule has 0 bridgehead atoms. The van der Waals surface area contributed by atoms with Crippen LogP contribution in [0.3, 0.4) is 0 Å². The second-order valence-electron chi connectivity index (χ2n) is 4.75. The van der Waals surface area contributed by atoms with E-state index in [2.05, 4.69) is 5.32 Å². The highest BCUT2D eigenvalue weighted by atomic mass is 35.5. The molecule has 0 saturated heterocycles. The van der Waals surface area contributed by atoms with Crippen molar-refractivity contribution in [3.05, 3.63) is 70.7 Å². The van der Waals surface area contributed by atoms with Gasteiger partial charge in [-0.2, -0.15) is 0 Å². The van der Waals surface area contributed by atoms with Gasteiger partial charge in [0.1, 0.15) is 6.04 Å². The number of hydrogen-bond donors (Lipinski definition) is 1. The Kier molecular flexibility index (Phi) is 5.55. The monoisotopic (exact) mass is 317 g/mol. The van der Waals surface area contributed by atoms with Gasteiger partial charge in [0, 0.05) is 17.0 Å². The third-order valence-electron chi connectivity index (χ3n) is 3.18. The molecule has 0 aliphatic heterocycles. The summed E-state index contributed by atoms with van der Waals surface area (Å²) in [5.74, 6) is -0.825. The largest absolute Gasteiger partial charge is 0.467 e. The minimum atomic E-state index is -0.740. The first-order valence-corrected chi connectivity index (χ1v) is 7.16. The van der Waals surface area contributed by atoms with E-state index in [0.29, 0.717) is 17.0 Å². The van der Waals surface area contributed by atoms with Crippen LogP contribution in [-0.2, 0) is 16.0 Å². The van der Waals surface area contributed by atoms with Crippen molar-refractivity contribution in [3.8, 4) is 0 Å². The van der Waals surface area contributed by atoms with Gasteiger partial charge in [-0.05, 0) is 29.8 Å². The fourth-order valence-corrected chi connectivity index (χ4v) is 2.15. The Morgan fingerprint density at radius 3 is 2.32 bits per heavy atom. The van der Waals surface area contributed by atoms with Gasteiger partial charge < -0.3 is 10.1 Å². The number of benzene rings is 2. The topological polar surface area (TPSA) is 55.4 Å². The first-order valence-electron chi connectivity index (χ1n) is 6.78. The lowest BCUT2D eigenvalue weighted by atomic mass is 10.1. The van der Waals surface area contributed by atoms with Gasteiger partial charge >= 0.3 is 5.97 Å². The summed E-state index contributed by atoms with van der Waals surface area (Å²) >= 11 is 5.80. The fraction of sp³-hybridized carbons (Fsp3) is 0.176. The smallest absolute Gasteiger partial charge is 0.328 e. The van der Waals surface area contributed by atoms with E-state index in [9.17, 15) is 9.59 Å².